The van der Waals surface area contributed by atoms with Gasteiger partial charge in [-0.15, -0.1) is 0 Å². The van der Waals surface area contributed by atoms with E-state index in [4.69, 9.17) is 0 Å². The Labute approximate surface area is 96.8 Å². The van der Waals surface area contributed by atoms with Crippen LogP contribution in [0, 0.1) is 11.8 Å². The van der Waals surface area contributed by atoms with Crippen LogP contribution in [0.5, 0.6) is 0 Å². The average Bonchev–Trinajstić information content (AvgIpc) is 2.22. The molecule has 0 aromatic carbocycles. The third-order valence-electron chi connectivity index (χ3n) is 2.51. The van der Waals surface area contributed by atoms with E-state index in [1.807, 2.05) is 13.8 Å². The number of hydrogen-bond acceptors (Lipinski definition) is 3. The van der Waals surface area contributed by atoms with Gasteiger partial charge in [0.05, 0.1) is 6.04 Å². The van der Waals surface area contributed by atoms with Crippen LogP contribution in [0.15, 0.2) is 0 Å². The van der Waals surface area contributed by atoms with Crippen molar-refractivity contribution < 1.29 is 14.4 Å². The lowest BCUT2D eigenvalue weighted by molar-refractivity contribution is -0.127. The van der Waals surface area contributed by atoms with Crippen LogP contribution in [-0.2, 0) is 14.4 Å². The van der Waals surface area contributed by atoms with Crippen LogP contribution in [0.25, 0.3) is 0 Å². The Hall–Kier alpha value is -1.19. The molecule has 0 fully saturated rings. The number of amides is 1. The standard InChI is InChI=1S/C12H21NO3/c1-8(2)11(15)6-5-10(13-7-14)12(16)9(3)4/h7-10H,5-6H2,1-4H3,(H,13,14)/t10-/m0/s1. The predicted octanol–water partition coefficient (Wildman–Crippen LogP) is 1.33. The molecular formula is C12H21NO3. The van der Waals surface area contributed by atoms with Gasteiger partial charge >= 0.3 is 0 Å². The monoisotopic (exact) mass is 227 g/mol. The van der Waals surface area contributed by atoms with Crippen molar-refractivity contribution in [3.05, 3.63) is 0 Å². The molecule has 0 spiro atoms. The molecule has 0 saturated carbocycles. The van der Waals surface area contributed by atoms with Crippen LogP contribution in [0.3, 0.4) is 0 Å². The van der Waals surface area contributed by atoms with Gasteiger partial charge in [0.2, 0.25) is 6.41 Å². The molecule has 0 unspecified atom stereocenters. The second-order valence-corrected chi connectivity index (χ2v) is 4.55. The summed E-state index contributed by atoms with van der Waals surface area (Å²) in [6.07, 6.45) is 1.25. The Morgan fingerprint density at radius 2 is 1.69 bits per heavy atom. The number of hydrogen-bond donors (Lipinski definition) is 1. The molecule has 1 amide bonds. The van der Waals surface area contributed by atoms with Gasteiger partial charge in [0.1, 0.15) is 5.78 Å². The molecule has 1 atom stereocenters. The molecule has 0 bridgehead atoms. The van der Waals surface area contributed by atoms with Gasteiger partial charge in [0, 0.05) is 18.3 Å². The normalized spacial score (nSPS) is 12.6. The van der Waals surface area contributed by atoms with Crippen molar-refractivity contribution in [3.63, 3.8) is 0 Å². The quantitative estimate of drug-likeness (QED) is 0.636. The maximum Gasteiger partial charge on any atom is 0.207 e. The number of nitrogens with one attached hydrogen (secondary N) is 1. The first kappa shape index (κ1) is 14.8. The van der Waals surface area contributed by atoms with Crippen molar-refractivity contribution in [2.75, 3.05) is 0 Å². The minimum absolute atomic E-state index is 0.0222. The van der Waals surface area contributed by atoms with E-state index in [1.54, 1.807) is 13.8 Å². The first-order valence-corrected chi connectivity index (χ1v) is 5.66. The van der Waals surface area contributed by atoms with Crippen molar-refractivity contribution in [1.82, 2.24) is 5.32 Å². The molecule has 1 N–H and O–H groups in total. The highest BCUT2D eigenvalue weighted by atomic mass is 16.1. The van der Waals surface area contributed by atoms with E-state index in [0.717, 1.165) is 0 Å². The van der Waals surface area contributed by atoms with Gasteiger partial charge in [0.25, 0.3) is 0 Å². The van der Waals surface area contributed by atoms with E-state index in [1.165, 1.54) is 0 Å². The number of rotatable bonds is 8. The van der Waals surface area contributed by atoms with Gasteiger partial charge in [-0.2, -0.15) is 0 Å². The molecule has 4 heteroatoms. The Balaban J connectivity index is 4.29. The zero-order chi connectivity index (χ0) is 12.7. The fourth-order valence-corrected chi connectivity index (χ4v) is 1.37. The minimum Gasteiger partial charge on any atom is -0.349 e. The Bertz CT molecular complexity index is 259. The van der Waals surface area contributed by atoms with Gasteiger partial charge < -0.3 is 5.32 Å². The van der Waals surface area contributed by atoms with Crippen molar-refractivity contribution in [3.8, 4) is 0 Å². The molecule has 0 heterocycles. The first-order valence-electron chi connectivity index (χ1n) is 5.66. The molecule has 92 valence electrons. The number of ketones is 2. The molecule has 0 aliphatic heterocycles. The zero-order valence-corrected chi connectivity index (χ0v) is 10.4. The average molecular weight is 227 g/mol. The molecule has 0 aromatic rings. The topological polar surface area (TPSA) is 63.2 Å². The van der Waals surface area contributed by atoms with E-state index in [2.05, 4.69) is 5.32 Å². The molecule has 0 aromatic heterocycles. The molecule has 0 aliphatic carbocycles. The number of carbonyl (C=O) groups is 3. The second-order valence-electron chi connectivity index (χ2n) is 4.55. The van der Waals surface area contributed by atoms with Crippen molar-refractivity contribution in [1.29, 1.82) is 0 Å². The molecule has 16 heavy (non-hydrogen) atoms. The lowest BCUT2D eigenvalue weighted by Crippen LogP contribution is -2.38. The van der Waals surface area contributed by atoms with Crippen LogP contribution in [0.1, 0.15) is 40.5 Å². The van der Waals surface area contributed by atoms with E-state index in [-0.39, 0.29) is 23.4 Å². The molecule has 0 saturated heterocycles. The minimum atomic E-state index is -0.528. The maximum absolute atomic E-state index is 11.7. The number of carbonyl (C=O) groups excluding carboxylic acids is 3. The summed E-state index contributed by atoms with van der Waals surface area (Å²) in [5, 5.41) is 2.48. The van der Waals surface area contributed by atoms with Crippen molar-refractivity contribution in [2.24, 2.45) is 11.8 Å². The molecule has 0 radical (unpaired) electrons. The molecular weight excluding hydrogens is 206 g/mol. The molecule has 4 nitrogen and oxygen atoms in total. The largest absolute Gasteiger partial charge is 0.349 e. The Morgan fingerprint density at radius 1 is 1.12 bits per heavy atom. The van der Waals surface area contributed by atoms with Crippen LogP contribution in [0.2, 0.25) is 0 Å². The fourth-order valence-electron chi connectivity index (χ4n) is 1.37. The lowest BCUT2D eigenvalue weighted by Gasteiger charge is -2.17. The van der Waals surface area contributed by atoms with E-state index in [0.29, 0.717) is 19.3 Å². The van der Waals surface area contributed by atoms with Crippen LogP contribution >= 0.6 is 0 Å². The van der Waals surface area contributed by atoms with E-state index >= 15 is 0 Å². The van der Waals surface area contributed by atoms with Crippen molar-refractivity contribution in [2.45, 2.75) is 46.6 Å². The third-order valence-corrected chi connectivity index (χ3v) is 2.51. The fraction of sp³-hybridized carbons (Fsp3) is 0.750. The highest BCUT2D eigenvalue weighted by molar-refractivity contribution is 5.88. The van der Waals surface area contributed by atoms with Gasteiger partial charge in [0.15, 0.2) is 5.78 Å². The summed E-state index contributed by atoms with van der Waals surface area (Å²) in [6.45, 7) is 7.22. The van der Waals surface area contributed by atoms with E-state index < -0.39 is 6.04 Å². The molecule has 0 rings (SSSR count). The highest BCUT2D eigenvalue weighted by Gasteiger charge is 2.21. The summed E-state index contributed by atoms with van der Waals surface area (Å²) < 4.78 is 0. The van der Waals surface area contributed by atoms with Gasteiger partial charge in [-0.05, 0) is 6.42 Å². The summed E-state index contributed by atoms with van der Waals surface area (Å²) in [6, 6.07) is -0.528. The van der Waals surface area contributed by atoms with Crippen LogP contribution < -0.4 is 5.32 Å². The lowest BCUT2D eigenvalue weighted by atomic mass is 9.95. The Morgan fingerprint density at radius 3 is 2.06 bits per heavy atom. The van der Waals surface area contributed by atoms with Gasteiger partial charge in [-0.3, -0.25) is 14.4 Å². The summed E-state index contributed by atoms with van der Waals surface area (Å²) in [4.78, 5) is 33.5. The van der Waals surface area contributed by atoms with Crippen LogP contribution in [-0.4, -0.2) is 24.0 Å². The third kappa shape index (κ3) is 5.05. The van der Waals surface area contributed by atoms with Crippen molar-refractivity contribution >= 4 is 18.0 Å². The smallest absolute Gasteiger partial charge is 0.207 e. The summed E-state index contributed by atoms with van der Waals surface area (Å²) in [7, 11) is 0. The summed E-state index contributed by atoms with van der Waals surface area (Å²) in [5.41, 5.74) is 0. The second kappa shape index (κ2) is 7.14. The molecule has 0 aliphatic rings. The van der Waals surface area contributed by atoms with E-state index in [9.17, 15) is 14.4 Å². The highest BCUT2D eigenvalue weighted by Crippen LogP contribution is 2.09. The summed E-state index contributed by atoms with van der Waals surface area (Å²) in [5.74, 6) is -0.0597. The zero-order valence-electron chi connectivity index (χ0n) is 10.4. The Kier molecular flexibility index (Phi) is 6.61. The maximum atomic E-state index is 11.7. The van der Waals surface area contributed by atoms with Crippen LogP contribution in [0.4, 0.5) is 0 Å². The van der Waals surface area contributed by atoms with Gasteiger partial charge in [-0.25, -0.2) is 0 Å². The predicted molar refractivity (Wildman–Crippen MR) is 61.9 cm³/mol. The number of Topliss-reactive ketones (excluding diaryl/α,β-unsaturated/α-hetero) is 2. The SMILES string of the molecule is CC(C)C(=O)CC[C@H](NC=O)C(=O)C(C)C. The summed E-state index contributed by atoms with van der Waals surface area (Å²) >= 11 is 0. The first-order chi connectivity index (χ1) is 7.40. The van der Waals surface area contributed by atoms with Gasteiger partial charge in [-0.1, -0.05) is 27.7 Å².